The molecule has 1 unspecified atom stereocenters. The van der Waals surface area contributed by atoms with E-state index in [2.05, 4.69) is 10.6 Å². The molecule has 0 fully saturated rings. The van der Waals surface area contributed by atoms with Crippen molar-refractivity contribution in [3.63, 3.8) is 0 Å². The van der Waals surface area contributed by atoms with Crippen molar-refractivity contribution in [2.45, 2.75) is 44.9 Å². The highest BCUT2D eigenvalue weighted by atomic mass is 32.1. The van der Waals surface area contributed by atoms with Crippen molar-refractivity contribution in [2.75, 3.05) is 10.6 Å². The second-order valence-corrected chi connectivity index (χ2v) is 7.80. The Bertz CT molecular complexity index is 875. The van der Waals surface area contributed by atoms with Crippen molar-refractivity contribution in [2.24, 2.45) is 0 Å². The molecule has 130 valence electrons. The van der Waals surface area contributed by atoms with Gasteiger partial charge in [-0.1, -0.05) is 6.07 Å². The van der Waals surface area contributed by atoms with Crippen LogP contribution in [0.3, 0.4) is 0 Å². The van der Waals surface area contributed by atoms with Crippen molar-refractivity contribution >= 4 is 33.8 Å². The van der Waals surface area contributed by atoms with Crippen LogP contribution in [0, 0.1) is 12.7 Å². The second kappa shape index (κ2) is 6.26. The molecule has 0 bridgehead atoms. The summed E-state index contributed by atoms with van der Waals surface area (Å²) in [6.07, 6.45) is 4.61. The van der Waals surface area contributed by atoms with Crippen LogP contribution in [0.25, 0.3) is 0 Å². The van der Waals surface area contributed by atoms with Gasteiger partial charge in [-0.2, -0.15) is 0 Å². The molecule has 1 aromatic heterocycles. The summed E-state index contributed by atoms with van der Waals surface area (Å²) in [5.74, 6) is -1.49. The number of aryl methyl sites for hydroxylation is 1. The van der Waals surface area contributed by atoms with Crippen molar-refractivity contribution < 1.29 is 14.0 Å². The first-order valence-corrected chi connectivity index (χ1v) is 9.36. The molecule has 2 aliphatic rings. The SMILES string of the molecule is Cc1c(NC(=O)C2CC(=O)Nc3cc(F)ccc32)sc2c1CCCC2. The van der Waals surface area contributed by atoms with Crippen LogP contribution in [-0.4, -0.2) is 11.8 Å². The number of carbonyl (C=O) groups excluding carboxylic acids is 2. The zero-order valence-corrected chi connectivity index (χ0v) is 14.8. The van der Waals surface area contributed by atoms with E-state index in [1.807, 2.05) is 6.92 Å². The molecule has 1 atom stereocenters. The average Bonchev–Trinajstić information content (AvgIpc) is 2.90. The van der Waals surface area contributed by atoms with Gasteiger partial charge in [0.25, 0.3) is 0 Å². The quantitative estimate of drug-likeness (QED) is 0.848. The largest absolute Gasteiger partial charge is 0.326 e. The maximum absolute atomic E-state index is 13.4. The van der Waals surface area contributed by atoms with E-state index in [0.29, 0.717) is 11.3 Å². The third-order valence-electron chi connectivity index (χ3n) is 5.04. The number of benzene rings is 1. The van der Waals surface area contributed by atoms with E-state index in [4.69, 9.17) is 0 Å². The van der Waals surface area contributed by atoms with Crippen molar-refractivity contribution in [3.05, 3.63) is 45.6 Å². The zero-order valence-electron chi connectivity index (χ0n) is 13.9. The van der Waals surface area contributed by atoms with Crippen LogP contribution in [0.5, 0.6) is 0 Å². The molecule has 2 N–H and O–H groups in total. The van der Waals surface area contributed by atoms with Gasteiger partial charge in [0.05, 0.1) is 10.9 Å². The van der Waals surface area contributed by atoms with Crippen LogP contribution in [-0.2, 0) is 22.4 Å². The van der Waals surface area contributed by atoms with Gasteiger partial charge in [0.2, 0.25) is 11.8 Å². The molecular formula is C19H19FN2O2S. The minimum atomic E-state index is -0.595. The lowest BCUT2D eigenvalue weighted by atomic mass is 9.89. The van der Waals surface area contributed by atoms with E-state index in [-0.39, 0.29) is 18.2 Å². The highest BCUT2D eigenvalue weighted by Crippen LogP contribution is 2.39. The van der Waals surface area contributed by atoms with Gasteiger partial charge >= 0.3 is 0 Å². The van der Waals surface area contributed by atoms with Crippen LogP contribution < -0.4 is 10.6 Å². The Balaban J connectivity index is 1.62. The van der Waals surface area contributed by atoms with Crippen LogP contribution in [0.1, 0.15) is 46.7 Å². The van der Waals surface area contributed by atoms with Crippen LogP contribution in [0.4, 0.5) is 15.1 Å². The third-order valence-corrected chi connectivity index (χ3v) is 6.35. The Kier molecular flexibility index (Phi) is 4.07. The van der Waals surface area contributed by atoms with Gasteiger partial charge in [-0.25, -0.2) is 4.39 Å². The van der Waals surface area contributed by atoms with Crippen molar-refractivity contribution in [3.8, 4) is 0 Å². The maximum atomic E-state index is 13.4. The van der Waals surface area contributed by atoms with Gasteiger partial charge in [0.15, 0.2) is 0 Å². The summed E-state index contributed by atoms with van der Waals surface area (Å²) < 4.78 is 13.4. The summed E-state index contributed by atoms with van der Waals surface area (Å²) in [6, 6.07) is 4.17. The normalized spacial score (nSPS) is 19.0. The van der Waals surface area contributed by atoms with Gasteiger partial charge in [0, 0.05) is 17.0 Å². The van der Waals surface area contributed by atoms with Crippen molar-refractivity contribution in [1.82, 2.24) is 0 Å². The summed E-state index contributed by atoms with van der Waals surface area (Å²) in [4.78, 5) is 26.1. The first-order chi connectivity index (χ1) is 12.0. The minimum Gasteiger partial charge on any atom is -0.326 e. The van der Waals surface area contributed by atoms with Gasteiger partial charge in [-0.15, -0.1) is 11.3 Å². The number of hydrogen-bond acceptors (Lipinski definition) is 3. The number of carbonyl (C=O) groups is 2. The molecular weight excluding hydrogens is 339 g/mol. The summed E-state index contributed by atoms with van der Waals surface area (Å²) >= 11 is 1.65. The fourth-order valence-corrected chi connectivity index (χ4v) is 5.01. The van der Waals surface area contributed by atoms with Crippen molar-refractivity contribution in [1.29, 1.82) is 0 Å². The number of anilines is 2. The number of fused-ring (bicyclic) bond motifs is 2. The third kappa shape index (κ3) is 2.95. The van der Waals surface area contributed by atoms with Gasteiger partial charge < -0.3 is 10.6 Å². The molecule has 4 nitrogen and oxygen atoms in total. The smallest absolute Gasteiger partial charge is 0.233 e. The molecule has 0 radical (unpaired) electrons. The number of halogens is 1. The van der Waals surface area contributed by atoms with Gasteiger partial charge in [-0.3, -0.25) is 9.59 Å². The minimum absolute atomic E-state index is 0.0780. The molecule has 2 aromatic rings. The number of hydrogen-bond donors (Lipinski definition) is 2. The lowest BCUT2D eigenvalue weighted by molar-refractivity contribution is -0.123. The van der Waals surface area contributed by atoms with E-state index in [1.54, 1.807) is 17.4 Å². The van der Waals surface area contributed by atoms with Gasteiger partial charge in [-0.05, 0) is 61.4 Å². The second-order valence-electron chi connectivity index (χ2n) is 6.69. The Labute approximate surface area is 149 Å². The Morgan fingerprint density at radius 1 is 1.32 bits per heavy atom. The number of amides is 2. The number of thiophene rings is 1. The monoisotopic (exact) mass is 358 g/mol. The summed E-state index contributed by atoms with van der Waals surface area (Å²) in [7, 11) is 0. The lowest BCUT2D eigenvalue weighted by Crippen LogP contribution is -2.30. The maximum Gasteiger partial charge on any atom is 0.233 e. The molecule has 0 saturated heterocycles. The molecule has 2 amide bonds. The van der Waals surface area contributed by atoms with Crippen LogP contribution in [0.2, 0.25) is 0 Å². The van der Waals surface area contributed by atoms with Crippen LogP contribution >= 0.6 is 11.3 Å². The topological polar surface area (TPSA) is 58.2 Å². The molecule has 0 saturated carbocycles. The summed E-state index contributed by atoms with van der Waals surface area (Å²) in [6.45, 7) is 2.05. The fraction of sp³-hybridized carbons (Fsp3) is 0.368. The standard InChI is InChI=1S/C19H19FN2O2S/c1-10-12-4-2-3-5-16(12)25-19(10)22-18(24)14-9-17(23)21-15-8-11(20)6-7-13(14)15/h6-8,14H,2-5,9H2,1H3,(H,21,23)(H,22,24). The lowest BCUT2D eigenvalue weighted by Gasteiger charge is -2.24. The van der Waals surface area contributed by atoms with Crippen LogP contribution in [0.15, 0.2) is 18.2 Å². The van der Waals surface area contributed by atoms with Gasteiger partial charge in [0.1, 0.15) is 5.82 Å². The molecule has 0 spiro atoms. The first kappa shape index (κ1) is 16.3. The Morgan fingerprint density at radius 2 is 2.12 bits per heavy atom. The molecule has 2 heterocycles. The van der Waals surface area contributed by atoms with E-state index < -0.39 is 11.7 Å². The predicted octanol–water partition coefficient (Wildman–Crippen LogP) is 4.14. The highest BCUT2D eigenvalue weighted by Gasteiger charge is 2.32. The number of rotatable bonds is 2. The number of nitrogens with one attached hydrogen (secondary N) is 2. The fourth-order valence-electron chi connectivity index (χ4n) is 3.71. The molecule has 1 aliphatic carbocycles. The molecule has 4 rings (SSSR count). The zero-order chi connectivity index (χ0) is 17.6. The van der Waals surface area contributed by atoms with E-state index in [9.17, 15) is 14.0 Å². The molecule has 1 aliphatic heterocycles. The highest BCUT2D eigenvalue weighted by molar-refractivity contribution is 7.16. The molecule has 6 heteroatoms. The molecule has 25 heavy (non-hydrogen) atoms. The van der Waals surface area contributed by atoms with E-state index in [0.717, 1.165) is 23.4 Å². The van der Waals surface area contributed by atoms with E-state index >= 15 is 0 Å². The summed E-state index contributed by atoms with van der Waals surface area (Å²) in [5.41, 5.74) is 3.57. The Hall–Kier alpha value is -2.21. The first-order valence-electron chi connectivity index (χ1n) is 8.54. The predicted molar refractivity (Wildman–Crippen MR) is 96.7 cm³/mol. The average molecular weight is 358 g/mol. The summed E-state index contributed by atoms with van der Waals surface area (Å²) in [5, 5.41) is 6.54. The van der Waals surface area contributed by atoms with E-state index in [1.165, 1.54) is 35.4 Å². The Morgan fingerprint density at radius 3 is 2.92 bits per heavy atom. The molecule has 1 aromatic carbocycles.